The van der Waals surface area contributed by atoms with Crippen LogP contribution in [0.5, 0.6) is 11.6 Å². The Kier molecular flexibility index (Phi) is 12.1. The highest BCUT2D eigenvalue weighted by atomic mass is 35.5. The van der Waals surface area contributed by atoms with E-state index >= 15 is 0 Å². The van der Waals surface area contributed by atoms with Gasteiger partial charge in [-0.25, -0.2) is 23.4 Å². The highest BCUT2D eigenvalue weighted by molar-refractivity contribution is 7.91. The lowest BCUT2D eigenvalue weighted by molar-refractivity contribution is 0.0459. The Morgan fingerprint density at radius 3 is 2.59 bits per heavy atom. The third-order valence-corrected chi connectivity index (χ3v) is 12.0. The molecule has 0 amide bonds. The van der Waals surface area contributed by atoms with Crippen LogP contribution in [-0.4, -0.2) is 107 Å². The molecule has 4 aliphatic rings. The van der Waals surface area contributed by atoms with Crippen molar-refractivity contribution in [2.75, 3.05) is 49.7 Å². The van der Waals surface area contributed by atoms with E-state index < -0.39 is 15.9 Å². The Labute approximate surface area is 303 Å². The van der Waals surface area contributed by atoms with Gasteiger partial charge in [-0.15, -0.1) is 5.10 Å². The summed E-state index contributed by atoms with van der Waals surface area (Å²) in [6, 6.07) is 6.63. The molecule has 0 spiro atoms. The molecule has 3 aliphatic heterocycles. The molecule has 0 radical (unpaired) electrons. The summed E-state index contributed by atoms with van der Waals surface area (Å²) < 4.78 is 44.2. The number of hydrogen-bond acceptors (Lipinski definition) is 13. The highest BCUT2D eigenvalue weighted by Gasteiger charge is 2.38. The third kappa shape index (κ3) is 9.33. The lowest BCUT2D eigenvalue weighted by Crippen LogP contribution is -2.50. The van der Waals surface area contributed by atoms with Gasteiger partial charge in [0.1, 0.15) is 30.5 Å². The van der Waals surface area contributed by atoms with E-state index in [2.05, 4.69) is 25.4 Å². The number of piperidine rings is 1. The second kappa shape index (κ2) is 16.7. The standard InChI is InChI=1S/C34H47ClN10O5S/c1-3-51(46,47)13-12-49-33-31(19-45(41-33)28-9-7-27(8-10-28)44-18-24-4-6-29(44)21-48-20-24)40-34-38-15-26(16-39-34)25-5-11-30(35)32(14-25)50-23(2)17-43(22-36)42-37/h5,11,14-16,19,22-24,27-29,36-37H,3-4,6-10,12-13,17-18,20-21H2,1-2H3,(H,38,39,40)/t23-,24?,27-,28-,29?/m0/s1. The Morgan fingerprint density at radius 1 is 1.12 bits per heavy atom. The average Bonchev–Trinajstić information content (AvgIpc) is 3.27. The number of anilines is 2. The fourth-order valence-corrected chi connectivity index (χ4v) is 7.95. The molecule has 2 unspecified atom stereocenters. The number of aromatic nitrogens is 4. The van der Waals surface area contributed by atoms with E-state index in [1.54, 1.807) is 38.4 Å². The third-order valence-electron chi connectivity index (χ3n) is 10.0. The van der Waals surface area contributed by atoms with Gasteiger partial charge in [0.2, 0.25) is 5.95 Å². The van der Waals surface area contributed by atoms with Crippen molar-refractivity contribution >= 4 is 39.4 Å². The van der Waals surface area contributed by atoms with Crippen molar-refractivity contribution < 1.29 is 22.6 Å². The van der Waals surface area contributed by atoms with E-state index in [-0.39, 0.29) is 30.7 Å². The van der Waals surface area contributed by atoms with Gasteiger partial charge >= 0.3 is 0 Å². The van der Waals surface area contributed by atoms with Gasteiger partial charge < -0.3 is 19.5 Å². The number of nitrogens with zero attached hydrogens (tertiary/aromatic N) is 7. The molecule has 5 heterocycles. The Balaban J connectivity index is 1.14. The maximum Gasteiger partial charge on any atom is 0.256 e. The van der Waals surface area contributed by atoms with Crippen LogP contribution in [0.15, 0.2) is 42.0 Å². The average molecular weight is 743 g/mol. The summed E-state index contributed by atoms with van der Waals surface area (Å²) in [7, 11) is -3.21. The maximum atomic E-state index is 12.2. The monoisotopic (exact) mass is 742 g/mol. The van der Waals surface area contributed by atoms with Crippen LogP contribution in [0, 0.1) is 16.9 Å². The number of fused-ring (bicyclic) bond motifs is 4. The van der Waals surface area contributed by atoms with Crippen molar-refractivity contribution in [3.8, 4) is 22.8 Å². The normalized spacial score (nSPS) is 22.9. The van der Waals surface area contributed by atoms with Crippen LogP contribution in [0.25, 0.3) is 11.1 Å². The van der Waals surface area contributed by atoms with E-state index in [1.807, 2.05) is 16.9 Å². The molecule has 1 aromatic carbocycles. The van der Waals surface area contributed by atoms with Gasteiger partial charge in [-0.05, 0) is 69.1 Å². The van der Waals surface area contributed by atoms with Crippen molar-refractivity contribution in [1.82, 2.24) is 29.7 Å². The molecular formula is C34H47ClN10O5S. The molecular weight excluding hydrogens is 696 g/mol. The number of sulfone groups is 1. The number of hydrogen-bond donors (Lipinski definition) is 3. The molecule has 51 heavy (non-hydrogen) atoms. The summed E-state index contributed by atoms with van der Waals surface area (Å²) in [5.41, 5.74) is 9.23. The Hall–Kier alpha value is -3.86. The van der Waals surface area contributed by atoms with E-state index in [0.29, 0.717) is 46.3 Å². The molecule has 276 valence electrons. The summed E-state index contributed by atoms with van der Waals surface area (Å²) in [5, 5.41) is 20.2. The van der Waals surface area contributed by atoms with Crippen LogP contribution in [0.2, 0.25) is 5.02 Å². The van der Waals surface area contributed by atoms with Gasteiger partial charge in [0.25, 0.3) is 5.88 Å². The van der Waals surface area contributed by atoms with Crippen molar-refractivity contribution in [3.63, 3.8) is 0 Å². The van der Waals surface area contributed by atoms with Crippen LogP contribution in [0.1, 0.15) is 58.4 Å². The summed E-state index contributed by atoms with van der Waals surface area (Å²) in [6.07, 6.45) is 12.5. The lowest BCUT2D eigenvalue weighted by Gasteiger charge is -2.43. The second-order valence-electron chi connectivity index (χ2n) is 13.6. The summed E-state index contributed by atoms with van der Waals surface area (Å²) in [4.78, 5) is 11.8. The van der Waals surface area contributed by atoms with Gasteiger partial charge in [0.05, 0.1) is 42.8 Å². The molecule has 4 fully saturated rings. The summed E-state index contributed by atoms with van der Waals surface area (Å²) >= 11 is 6.41. The molecule has 3 saturated heterocycles. The van der Waals surface area contributed by atoms with Crippen molar-refractivity contribution in [3.05, 3.63) is 41.8 Å². The number of nitrogens with one attached hydrogen (secondary N) is 3. The second-order valence-corrected chi connectivity index (χ2v) is 16.4. The fraction of sp³-hybridized carbons (Fsp3) is 0.588. The quantitative estimate of drug-likeness (QED) is 0.0701. The smallest absolute Gasteiger partial charge is 0.256 e. The first-order valence-electron chi connectivity index (χ1n) is 17.6. The van der Waals surface area contributed by atoms with Gasteiger partial charge in [-0.3, -0.25) is 15.0 Å². The highest BCUT2D eigenvalue weighted by Crippen LogP contribution is 2.38. The molecule has 1 saturated carbocycles. The first-order valence-corrected chi connectivity index (χ1v) is 19.8. The molecule has 3 N–H and O–H groups in total. The fourth-order valence-electron chi connectivity index (χ4n) is 7.16. The van der Waals surface area contributed by atoms with E-state index in [4.69, 9.17) is 41.9 Å². The molecule has 7 rings (SSSR count). The van der Waals surface area contributed by atoms with Gasteiger partial charge in [0, 0.05) is 42.3 Å². The van der Waals surface area contributed by atoms with Gasteiger partial charge in [0.15, 0.2) is 9.84 Å². The molecule has 1 aliphatic carbocycles. The topological polar surface area (TPSA) is 184 Å². The van der Waals surface area contributed by atoms with Crippen molar-refractivity contribution in [1.29, 1.82) is 10.9 Å². The van der Waals surface area contributed by atoms with Gasteiger partial charge in [-0.2, -0.15) is 5.53 Å². The first-order chi connectivity index (χ1) is 24.6. The van der Waals surface area contributed by atoms with Crippen LogP contribution in [0.4, 0.5) is 11.6 Å². The minimum absolute atomic E-state index is 0.00907. The molecule has 3 atom stereocenters. The van der Waals surface area contributed by atoms with Crippen LogP contribution < -0.4 is 14.8 Å². The number of halogens is 1. The first kappa shape index (κ1) is 36.9. The van der Waals surface area contributed by atoms with Crippen LogP contribution in [-0.2, 0) is 14.6 Å². The molecule has 2 bridgehead atoms. The summed E-state index contributed by atoms with van der Waals surface area (Å²) in [5.74, 6) is 1.68. The van der Waals surface area contributed by atoms with E-state index in [1.165, 1.54) is 12.8 Å². The predicted molar refractivity (Wildman–Crippen MR) is 194 cm³/mol. The van der Waals surface area contributed by atoms with Crippen molar-refractivity contribution in [2.24, 2.45) is 11.1 Å². The zero-order valence-corrected chi connectivity index (χ0v) is 30.7. The summed E-state index contributed by atoms with van der Waals surface area (Å²) in [6.45, 7) is 6.49. The van der Waals surface area contributed by atoms with Gasteiger partial charge in [-0.1, -0.05) is 29.8 Å². The molecule has 17 heteroatoms. The zero-order chi connectivity index (χ0) is 36.0. The SMILES string of the molecule is CCS(=O)(=O)CCOc1nn([C@H]2CC[C@H](N3CC4CCC3COC4)CC2)cc1Nc1ncc(-c2ccc(Cl)c(O[C@@H](C)CN(C=N)N=N)c2)cn1. The largest absolute Gasteiger partial charge is 0.487 e. The maximum absolute atomic E-state index is 12.2. The van der Waals surface area contributed by atoms with E-state index in [9.17, 15) is 8.42 Å². The molecule has 2 aromatic heterocycles. The van der Waals surface area contributed by atoms with Crippen LogP contribution in [0.3, 0.4) is 0 Å². The Bertz CT molecular complexity index is 1740. The van der Waals surface area contributed by atoms with E-state index in [0.717, 1.165) is 67.9 Å². The van der Waals surface area contributed by atoms with Crippen molar-refractivity contribution in [2.45, 2.75) is 76.6 Å². The molecule has 3 aromatic rings. The lowest BCUT2D eigenvalue weighted by atomic mass is 9.86. The van der Waals surface area contributed by atoms with Crippen LogP contribution >= 0.6 is 11.6 Å². The molecule has 15 nitrogen and oxygen atoms in total. The number of benzene rings is 1. The Morgan fingerprint density at radius 2 is 1.86 bits per heavy atom. The number of ether oxygens (including phenoxy) is 3. The zero-order valence-electron chi connectivity index (χ0n) is 29.1. The predicted octanol–water partition coefficient (Wildman–Crippen LogP) is 5.77. The number of rotatable bonds is 16. The minimum Gasteiger partial charge on any atom is -0.487 e. The minimum atomic E-state index is -3.21.